The number of allylic oxidation sites excluding steroid dienone is 4. The smallest absolute Gasteiger partial charge is 0.122 e. The Bertz CT molecular complexity index is 271. The zero-order valence-corrected chi connectivity index (χ0v) is 7.46. The van der Waals surface area contributed by atoms with Gasteiger partial charge in [-0.2, -0.15) is 0 Å². The van der Waals surface area contributed by atoms with E-state index >= 15 is 0 Å². The third-order valence-corrected chi connectivity index (χ3v) is 1.83. The van der Waals surface area contributed by atoms with E-state index in [9.17, 15) is 5.11 Å². The van der Waals surface area contributed by atoms with E-state index in [1.54, 1.807) is 6.92 Å². The molecule has 0 aliphatic heterocycles. The number of rotatable bonds is 1. The van der Waals surface area contributed by atoms with Gasteiger partial charge in [0, 0.05) is 12.0 Å². The zero-order chi connectivity index (χ0) is 9.03. The second-order valence-corrected chi connectivity index (χ2v) is 3.05. The zero-order valence-electron chi connectivity index (χ0n) is 7.46. The molecule has 0 fully saturated rings. The highest BCUT2D eigenvalue weighted by molar-refractivity contribution is 5.47. The lowest BCUT2D eigenvalue weighted by atomic mass is 10.0. The lowest BCUT2D eigenvalue weighted by Crippen LogP contribution is -2.19. The van der Waals surface area contributed by atoms with E-state index < -0.39 is 5.60 Å². The van der Waals surface area contributed by atoms with Crippen LogP contribution in [-0.4, -0.2) is 10.7 Å². The van der Waals surface area contributed by atoms with E-state index in [0.717, 1.165) is 5.57 Å². The van der Waals surface area contributed by atoms with E-state index in [2.05, 4.69) is 11.8 Å². The van der Waals surface area contributed by atoms with E-state index in [-0.39, 0.29) is 0 Å². The molecule has 1 radical (unpaired) electrons. The molecule has 0 amide bonds. The standard InChI is InChI=1S/C11H13O/c1-3-11(2,12)9-8-10-6-4-5-7-10/h4-7,12H,3H2,1-2H3. The van der Waals surface area contributed by atoms with Gasteiger partial charge in [0.15, 0.2) is 0 Å². The van der Waals surface area contributed by atoms with Gasteiger partial charge < -0.3 is 5.11 Å². The van der Waals surface area contributed by atoms with Crippen molar-refractivity contribution in [2.24, 2.45) is 0 Å². The average molecular weight is 161 g/mol. The molecule has 1 nitrogen and oxygen atoms in total. The Balaban J connectivity index is 2.64. The fourth-order valence-electron chi connectivity index (χ4n) is 0.753. The third-order valence-electron chi connectivity index (χ3n) is 1.83. The fraction of sp³-hybridized carbons (Fsp3) is 0.364. The van der Waals surface area contributed by atoms with Crippen LogP contribution in [0.25, 0.3) is 0 Å². The van der Waals surface area contributed by atoms with Crippen molar-refractivity contribution < 1.29 is 5.11 Å². The van der Waals surface area contributed by atoms with Gasteiger partial charge in [-0.15, -0.1) is 0 Å². The van der Waals surface area contributed by atoms with Gasteiger partial charge in [0.2, 0.25) is 0 Å². The van der Waals surface area contributed by atoms with Crippen LogP contribution in [0.4, 0.5) is 0 Å². The topological polar surface area (TPSA) is 20.2 Å². The highest BCUT2D eigenvalue weighted by Gasteiger charge is 2.12. The van der Waals surface area contributed by atoms with Crippen LogP contribution >= 0.6 is 0 Å². The largest absolute Gasteiger partial charge is 0.378 e. The lowest BCUT2D eigenvalue weighted by molar-refractivity contribution is 0.118. The minimum absolute atomic E-state index is 0.653. The maximum atomic E-state index is 9.55. The first-order valence-corrected chi connectivity index (χ1v) is 4.11. The van der Waals surface area contributed by atoms with E-state index in [1.807, 2.05) is 31.6 Å². The van der Waals surface area contributed by atoms with Crippen molar-refractivity contribution in [2.45, 2.75) is 25.9 Å². The van der Waals surface area contributed by atoms with Crippen molar-refractivity contribution in [3.8, 4) is 11.8 Å². The molecule has 0 aromatic heterocycles. The monoisotopic (exact) mass is 161 g/mol. The molecule has 1 heteroatoms. The summed E-state index contributed by atoms with van der Waals surface area (Å²) in [5, 5.41) is 9.55. The molecule has 1 atom stereocenters. The lowest BCUT2D eigenvalue weighted by Gasteiger charge is -2.11. The van der Waals surface area contributed by atoms with Gasteiger partial charge in [-0.3, -0.25) is 0 Å². The molecule has 0 aromatic rings. The molecular formula is C11H13O. The Morgan fingerprint density at radius 2 is 2.33 bits per heavy atom. The molecule has 0 aromatic carbocycles. The minimum Gasteiger partial charge on any atom is -0.378 e. The van der Waals surface area contributed by atoms with E-state index in [1.165, 1.54) is 0 Å². The normalized spacial score (nSPS) is 19.4. The molecule has 1 N–H and O–H groups in total. The van der Waals surface area contributed by atoms with Crippen molar-refractivity contribution in [2.75, 3.05) is 0 Å². The van der Waals surface area contributed by atoms with E-state index in [0.29, 0.717) is 6.42 Å². The van der Waals surface area contributed by atoms with Crippen molar-refractivity contribution in [3.05, 3.63) is 30.2 Å². The maximum Gasteiger partial charge on any atom is 0.122 e. The summed E-state index contributed by atoms with van der Waals surface area (Å²) >= 11 is 0. The summed E-state index contributed by atoms with van der Waals surface area (Å²) in [6.45, 7) is 3.64. The highest BCUT2D eigenvalue weighted by atomic mass is 16.3. The van der Waals surface area contributed by atoms with Gasteiger partial charge in [-0.1, -0.05) is 37.0 Å². The average Bonchev–Trinajstić information content (AvgIpc) is 2.53. The molecule has 12 heavy (non-hydrogen) atoms. The molecule has 0 heterocycles. The molecule has 1 aliphatic rings. The van der Waals surface area contributed by atoms with Crippen LogP contribution in [0, 0.1) is 18.3 Å². The van der Waals surface area contributed by atoms with Gasteiger partial charge in [0.05, 0.1) is 0 Å². The van der Waals surface area contributed by atoms with Gasteiger partial charge in [-0.05, 0) is 13.3 Å². The summed E-state index contributed by atoms with van der Waals surface area (Å²) in [5.41, 5.74) is 0.112. The van der Waals surface area contributed by atoms with Gasteiger partial charge in [0.25, 0.3) is 0 Å². The quantitative estimate of drug-likeness (QED) is 0.582. The molecule has 0 saturated heterocycles. The summed E-state index contributed by atoms with van der Waals surface area (Å²) < 4.78 is 0. The first kappa shape index (κ1) is 9.09. The summed E-state index contributed by atoms with van der Waals surface area (Å²) in [6, 6.07) is 0. The second-order valence-electron chi connectivity index (χ2n) is 3.05. The molecule has 0 bridgehead atoms. The maximum absolute atomic E-state index is 9.55. The first-order valence-electron chi connectivity index (χ1n) is 4.11. The SMILES string of the molecule is CCC(C)(O)C#CC1=C[CH]C=C1. The molecule has 63 valence electrons. The second kappa shape index (κ2) is 3.60. The highest BCUT2D eigenvalue weighted by Crippen LogP contribution is 2.09. The summed E-state index contributed by atoms with van der Waals surface area (Å²) in [7, 11) is 0. The summed E-state index contributed by atoms with van der Waals surface area (Å²) in [6.07, 6.45) is 8.38. The molecule has 1 unspecified atom stereocenters. The van der Waals surface area contributed by atoms with Crippen molar-refractivity contribution >= 4 is 0 Å². The predicted octanol–water partition coefficient (Wildman–Crippen LogP) is 1.85. The Morgan fingerprint density at radius 1 is 1.58 bits per heavy atom. The van der Waals surface area contributed by atoms with Crippen LogP contribution in [0.1, 0.15) is 20.3 Å². The van der Waals surface area contributed by atoms with Crippen LogP contribution in [-0.2, 0) is 0 Å². The van der Waals surface area contributed by atoms with Crippen molar-refractivity contribution in [1.82, 2.24) is 0 Å². The Kier molecular flexibility index (Phi) is 2.73. The van der Waals surface area contributed by atoms with Crippen molar-refractivity contribution in [3.63, 3.8) is 0 Å². The predicted molar refractivity (Wildman–Crippen MR) is 50.2 cm³/mol. The van der Waals surface area contributed by atoms with Gasteiger partial charge in [-0.25, -0.2) is 0 Å². The Morgan fingerprint density at radius 3 is 2.83 bits per heavy atom. The Hall–Kier alpha value is -1.00. The number of hydrogen-bond donors (Lipinski definition) is 1. The fourth-order valence-corrected chi connectivity index (χ4v) is 0.753. The molecular weight excluding hydrogens is 148 g/mol. The molecule has 0 spiro atoms. The summed E-state index contributed by atoms with van der Waals surface area (Å²) in [4.78, 5) is 0. The van der Waals surface area contributed by atoms with Crippen LogP contribution < -0.4 is 0 Å². The van der Waals surface area contributed by atoms with Crippen LogP contribution in [0.15, 0.2) is 23.8 Å². The molecule has 1 aliphatic carbocycles. The molecule has 0 saturated carbocycles. The van der Waals surface area contributed by atoms with Gasteiger partial charge in [0.1, 0.15) is 5.60 Å². The Labute approximate surface area is 73.8 Å². The van der Waals surface area contributed by atoms with Crippen LogP contribution in [0.3, 0.4) is 0 Å². The first-order chi connectivity index (χ1) is 5.64. The summed E-state index contributed by atoms with van der Waals surface area (Å²) in [5.74, 6) is 5.73. The number of hydrogen-bond acceptors (Lipinski definition) is 1. The molecule has 1 rings (SSSR count). The van der Waals surface area contributed by atoms with Crippen molar-refractivity contribution in [1.29, 1.82) is 0 Å². The van der Waals surface area contributed by atoms with E-state index in [4.69, 9.17) is 0 Å². The van der Waals surface area contributed by atoms with Crippen LogP contribution in [0.5, 0.6) is 0 Å². The van der Waals surface area contributed by atoms with Crippen LogP contribution in [0.2, 0.25) is 0 Å². The third kappa shape index (κ3) is 2.56. The minimum atomic E-state index is -0.850. The van der Waals surface area contributed by atoms with Gasteiger partial charge >= 0.3 is 0 Å². The number of aliphatic hydroxyl groups is 1.